The molecule has 3 N–H and O–H groups in total. The number of benzene rings is 1. The molecule has 0 aliphatic carbocycles. The van der Waals surface area contributed by atoms with E-state index < -0.39 is 17.6 Å². The number of carbonyl (C=O) groups excluding carboxylic acids is 2. The van der Waals surface area contributed by atoms with E-state index in [1.165, 1.54) is 13.0 Å². The number of amides is 2. The van der Waals surface area contributed by atoms with Crippen LogP contribution in [0.15, 0.2) is 18.2 Å². The number of nitrogens with one attached hydrogen (secondary N) is 2. The molecule has 2 atom stereocenters. The maximum absolute atomic E-state index is 14.0. The van der Waals surface area contributed by atoms with E-state index in [4.69, 9.17) is 9.90 Å². The van der Waals surface area contributed by atoms with Crippen LogP contribution in [0.1, 0.15) is 37.3 Å². The van der Waals surface area contributed by atoms with Crippen LogP contribution < -0.4 is 10.6 Å². The van der Waals surface area contributed by atoms with Crippen molar-refractivity contribution in [2.75, 3.05) is 13.6 Å². The number of rotatable bonds is 6. The molecule has 2 amide bonds. The lowest BCUT2D eigenvalue weighted by atomic mass is 10.1. The number of nitrogens with zero attached hydrogens (tertiary/aromatic N) is 1. The Hall–Kier alpha value is -2.69. The summed E-state index contributed by atoms with van der Waals surface area (Å²) in [5.41, 5.74) is -1.55. The fourth-order valence-corrected chi connectivity index (χ4v) is 3.26. The van der Waals surface area contributed by atoms with Gasteiger partial charge in [0, 0.05) is 44.1 Å². The lowest BCUT2D eigenvalue weighted by Crippen LogP contribution is -2.42. The van der Waals surface area contributed by atoms with Crippen LogP contribution in [-0.2, 0) is 27.1 Å². The van der Waals surface area contributed by atoms with Gasteiger partial charge in [-0.3, -0.25) is 19.3 Å². The Kier molecular flexibility index (Phi) is 9.70. The van der Waals surface area contributed by atoms with Gasteiger partial charge >= 0.3 is 6.18 Å². The molecule has 1 aliphatic heterocycles. The molecule has 0 aromatic heterocycles. The predicted molar refractivity (Wildman–Crippen MR) is 99.8 cm³/mol. The Labute approximate surface area is 171 Å². The van der Waals surface area contributed by atoms with Gasteiger partial charge in [0.1, 0.15) is 5.82 Å². The van der Waals surface area contributed by atoms with E-state index in [1.54, 1.807) is 0 Å². The predicted octanol–water partition coefficient (Wildman–Crippen LogP) is 2.15. The number of likely N-dealkylation sites (N-methyl/N-ethyl adjacent to an activating group) is 1. The third-order valence-corrected chi connectivity index (χ3v) is 4.85. The molecule has 1 heterocycles. The first-order chi connectivity index (χ1) is 14.0. The van der Waals surface area contributed by atoms with Gasteiger partial charge in [-0.15, -0.1) is 0 Å². The smallest absolute Gasteiger partial charge is 0.419 e. The summed E-state index contributed by atoms with van der Waals surface area (Å²) in [5, 5.41) is 12.1. The third kappa shape index (κ3) is 7.62. The molecule has 0 saturated carbocycles. The molecular weight excluding hydrogens is 410 g/mol. The summed E-state index contributed by atoms with van der Waals surface area (Å²) in [7, 11) is 1.86. The molecule has 1 fully saturated rings. The highest BCUT2D eigenvalue weighted by atomic mass is 19.4. The largest absolute Gasteiger partial charge is 0.483 e. The minimum Gasteiger partial charge on any atom is -0.483 e. The molecule has 0 spiro atoms. The second kappa shape index (κ2) is 11.5. The lowest BCUT2D eigenvalue weighted by Gasteiger charge is -2.25. The van der Waals surface area contributed by atoms with Crippen molar-refractivity contribution >= 4 is 18.3 Å². The van der Waals surface area contributed by atoms with E-state index in [0.717, 1.165) is 18.9 Å². The van der Waals surface area contributed by atoms with Crippen molar-refractivity contribution in [2.45, 2.75) is 51.0 Å². The number of halogens is 4. The molecule has 2 rings (SSSR count). The van der Waals surface area contributed by atoms with Gasteiger partial charge in [-0.1, -0.05) is 12.1 Å². The van der Waals surface area contributed by atoms with Gasteiger partial charge in [0.25, 0.3) is 6.47 Å². The molecule has 0 bridgehead atoms. The summed E-state index contributed by atoms with van der Waals surface area (Å²) in [6.07, 6.45) is -3.02. The number of alkyl halides is 3. The van der Waals surface area contributed by atoms with Crippen LogP contribution in [0.3, 0.4) is 0 Å². The molecule has 168 valence electrons. The van der Waals surface area contributed by atoms with Crippen LogP contribution in [0, 0.1) is 5.82 Å². The second-order valence-electron chi connectivity index (χ2n) is 6.85. The molecular formula is C19H25F4N3O4. The van der Waals surface area contributed by atoms with Crippen molar-refractivity contribution in [3.05, 3.63) is 35.1 Å². The Balaban J connectivity index is 0.00000141. The Morgan fingerprint density at radius 1 is 1.23 bits per heavy atom. The normalized spacial score (nSPS) is 18.9. The fourth-order valence-electron chi connectivity index (χ4n) is 3.26. The Morgan fingerprint density at radius 2 is 1.83 bits per heavy atom. The van der Waals surface area contributed by atoms with E-state index in [9.17, 15) is 27.2 Å². The van der Waals surface area contributed by atoms with Crippen molar-refractivity contribution < 1.29 is 37.1 Å². The number of hydrogen-bond donors (Lipinski definition) is 3. The minimum atomic E-state index is -4.78. The molecule has 7 nitrogen and oxygen atoms in total. The van der Waals surface area contributed by atoms with Crippen LogP contribution in [-0.4, -0.2) is 54.0 Å². The van der Waals surface area contributed by atoms with Crippen molar-refractivity contribution in [1.29, 1.82) is 0 Å². The van der Waals surface area contributed by atoms with Gasteiger partial charge in [0.15, 0.2) is 0 Å². The number of carbonyl (C=O) groups is 3. The molecule has 0 unspecified atom stereocenters. The molecule has 1 saturated heterocycles. The summed E-state index contributed by atoms with van der Waals surface area (Å²) >= 11 is 0. The van der Waals surface area contributed by atoms with Crippen molar-refractivity contribution in [1.82, 2.24) is 15.5 Å². The van der Waals surface area contributed by atoms with Crippen LogP contribution in [0.25, 0.3) is 0 Å². The maximum Gasteiger partial charge on any atom is 0.419 e. The van der Waals surface area contributed by atoms with Crippen molar-refractivity contribution in [2.24, 2.45) is 0 Å². The van der Waals surface area contributed by atoms with Gasteiger partial charge in [-0.25, -0.2) is 4.39 Å². The average molecular weight is 435 g/mol. The van der Waals surface area contributed by atoms with E-state index in [2.05, 4.69) is 10.6 Å². The summed E-state index contributed by atoms with van der Waals surface area (Å²) in [6.45, 7) is 1.38. The molecule has 1 aliphatic rings. The number of likely N-dealkylation sites (tertiary alicyclic amines) is 1. The Morgan fingerprint density at radius 3 is 2.40 bits per heavy atom. The summed E-state index contributed by atoms with van der Waals surface area (Å²) in [4.78, 5) is 33.5. The van der Waals surface area contributed by atoms with E-state index in [-0.39, 0.29) is 48.9 Å². The zero-order valence-electron chi connectivity index (χ0n) is 16.6. The second-order valence-corrected chi connectivity index (χ2v) is 6.85. The molecule has 1 aromatic rings. The maximum atomic E-state index is 14.0. The third-order valence-electron chi connectivity index (χ3n) is 4.85. The zero-order valence-corrected chi connectivity index (χ0v) is 16.6. The van der Waals surface area contributed by atoms with E-state index in [1.807, 2.05) is 11.9 Å². The van der Waals surface area contributed by atoms with Gasteiger partial charge < -0.3 is 15.7 Å². The van der Waals surface area contributed by atoms with Crippen LogP contribution in [0.4, 0.5) is 17.6 Å². The minimum absolute atomic E-state index is 0.0323. The van der Waals surface area contributed by atoms with Crippen LogP contribution in [0.2, 0.25) is 0 Å². The van der Waals surface area contributed by atoms with Gasteiger partial charge in [0.05, 0.1) is 5.56 Å². The zero-order chi connectivity index (χ0) is 22.9. The van der Waals surface area contributed by atoms with Crippen LogP contribution >= 0.6 is 0 Å². The highest BCUT2D eigenvalue weighted by molar-refractivity contribution is 5.76. The van der Waals surface area contributed by atoms with E-state index in [0.29, 0.717) is 12.6 Å². The first kappa shape index (κ1) is 25.3. The van der Waals surface area contributed by atoms with Crippen molar-refractivity contribution in [3.8, 4) is 0 Å². The molecule has 1 aromatic carbocycles. The summed E-state index contributed by atoms with van der Waals surface area (Å²) in [6, 6.07) is 3.10. The first-order valence-electron chi connectivity index (χ1n) is 9.16. The number of carboxylic acid groups (broad SMARTS) is 1. The highest BCUT2D eigenvalue weighted by Gasteiger charge is 2.35. The Bertz CT molecular complexity index is 743. The highest BCUT2D eigenvalue weighted by Crippen LogP contribution is 2.32. The number of hydrogen-bond acceptors (Lipinski definition) is 4. The van der Waals surface area contributed by atoms with Crippen molar-refractivity contribution in [3.63, 3.8) is 0 Å². The van der Waals surface area contributed by atoms with Gasteiger partial charge in [0.2, 0.25) is 11.8 Å². The topological polar surface area (TPSA) is 98.7 Å². The fraction of sp³-hybridized carbons (Fsp3) is 0.526. The van der Waals surface area contributed by atoms with Gasteiger partial charge in [-0.2, -0.15) is 13.2 Å². The van der Waals surface area contributed by atoms with E-state index >= 15 is 0 Å². The lowest BCUT2D eigenvalue weighted by molar-refractivity contribution is -0.140. The quantitative estimate of drug-likeness (QED) is 0.470. The SMILES string of the molecule is CC(=O)NC[C@H]1CC[C@@H](CC(=O)NCc2cccc(C(F)(F)F)c2F)N1C.O=CO. The average Bonchev–Trinajstić information content (AvgIpc) is 2.98. The van der Waals surface area contributed by atoms with Gasteiger partial charge in [-0.05, 0) is 26.0 Å². The molecule has 0 radical (unpaired) electrons. The van der Waals surface area contributed by atoms with Crippen LogP contribution in [0.5, 0.6) is 0 Å². The monoisotopic (exact) mass is 435 g/mol. The summed E-state index contributed by atoms with van der Waals surface area (Å²) < 4.78 is 52.2. The first-order valence-corrected chi connectivity index (χ1v) is 9.16. The molecule has 30 heavy (non-hydrogen) atoms. The molecule has 11 heteroatoms. The summed E-state index contributed by atoms with van der Waals surface area (Å²) in [5.74, 6) is -1.84. The standard InChI is InChI=1S/C18H23F4N3O2.CH2O2/c1-11(26)23-10-14-7-6-13(25(14)2)8-16(27)24-9-12-4-3-5-15(17(12)19)18(20,21)22;2-1-3/h3-5,13-14H,6-10H2,1-2H3,(H,23,26)(H,24,27);1H,(H,2,3)/t13-,14+;/m0./s1.